The van der Waals surface area contributed by atoms with Crippen molar-refractivity contribution in [1.29, 1.82) is 0 Å². The number of ether oxygens (including phenoxy) is 1. The summed E-state index contributed by atoms with van der Waals surface area (Å²) < 4.78 is 9.90. The molecule has 3 aromatic rings. The Balaban J connectivity index is 1.78. The number of benzene rings is 1. The Morgan fingerprint density at radius 1 is 1.10 bits per heavy atom. The highest BCUT2D eigenvalue weighted by atomic mass is 16.5. The number of carbonyl (C=O) groups is 1. The molecule has 0 radical (unpaired) electrons. The Bertz CT molecular complexity index is 1200. The first-order valence-corrected chi connectivity index (χ1v) is 10.5. The number of nitrogens with zero attached hydrogens (tertiary/aromatic N) is 5. The predicted octanol–water partition coefficient (Wildman–Crippen LogP) is 1.06. The summed E-state index contributed by atoms with van der Waals surface area (Å²) in [5.41, 5.74) is 0.536. The zero-order chi connectivity index (χ0) is 22.1. The normalized spacial score (nSPS) is 19.1. The topological polar surface area (TPSA) is 91.4 Å². The first kappa shape index (κ1) is 21.0. The lowest BCUT2D eigenvalue weighted by atomic mass is 10.2. The van der Waals surface area contributed by atoms with E-state index in [2.05, 4.69) is 4.98 Å². The van der Waals surface area contributed by atoms with E-state index in [-0.39, 0.29) is 31.2 Å². The van der Waals surface area contributed by atoms with Crippen molar-refractivity contribution in [3.05, 3.63) is 63.1 Å². The van der Waals surface area contributed by atoms with Crippen molar-refractivity contribution >= 4 is 17.1 Å². The molecule has 164 valence electrons. The van der Waals surface area contributed by atoms with E-state index in [1.165, 1.54) is 4.57 Å². The second-order valence-electron chi connectivity index (χ2n) is 8.00. The van der Waals surface area contributed by atoms with E-state index in [9.17, 15) is 14.4 Å². The lowest BCUT2D eigenvalue weighted by Gasteiger charge is -2.35. The van der Waals surface area contributed by atoms with Crippen LogP contribution in [0.2, 0.25) is 0 Å². The molecule has 9 heteroatoms. The highest BCUT2D eigenvalue weighted by molar-refractivity contribution is 5.77. The summed E-state index contributed by atoms with van der Waals surface area (Å²) in [6.45, 7) is 7.06. The smallest absolute Gasteiger partial charge is 0.333 e. The standard InChI is InChI=1S/C22H27N5O4/c1-4-24-14-23-20-19(24)21(29)27(13-18(28)25-10-15(2)31-16(3)11-25)22(30)26(20)12-17-8-6-5-7-9-17/h5-9,14-16H,4,10-13H2,1-3H3. The van der Waals surface area contributed by atoms with E-state index in [1.54, 1.807) is 15.8 Å². The zero-order valence-electron chi connectivity index (χ0n) is 18.0. The van der Waals surface area contributed by atoms with Gasteiger partial charge in [-0.25, -0.2) is 14.3 Å². The van der Waals surface area contributed by atoms with Crippen LogP contribution in [0, 0.1) is 0 Å². The molecule has 1 amide bonds. The van der Waals surface area contributed by atoms with Gasteiger partial charge in [0, 0.05) is 19.6 Å². The van der Waals surface area contributed by atoms with Crippen LogP contribution in [-0.2, 0) is 29.2 Å². The van der Waals surface area contributed by atoms with Crippen LogP contribution < -0.4 is 11.2 Å². The Hall–Kier alpha value is -3.20. The van der Waals surface area contributed by atoms with Gasteiger partial charge in [0.15, 0.2) is 11.2 Å². The summed E-state index contributed by atoms with van der Waals surface area (Å²) in [6, 6.07) is 9.50. The second-order valence-corrected chi connectivity index (χ2v) is 8.00. The average molecular weight is 425 g/mol. The van der Waals surface area contributed by atoms with E-state index in [1.807, 2.05) is 51.1 Å². The maximum absolute atomic E-state index is 13.3. The van der Waals surface area contributed by atoms with Crippen LogP contribution in [0.15, 0.2) is 46.2 Å². The van der Waals surface area contributed by atoms with Gasteiger partial charge in [-0.05, 0) is 26.3 Å². The SMILES string of the molecule is CCn1cnc2c1c(=O)n(CC(=O)N1CC(C)OC(C)C1)c(=O)n2Cc1ccccc1. The molecule has 2 aromatic heterocycles. The van der Waals surface area contributed by atoms with Crippen molar-refractivity contribution in [1.82, 2.24) is 23.6 Å². The summed E-state index contributed by atoms with van der Waals surface area (Å²) in [5, 5.41) is 0. The minimum atomic E-state index is -0.537. The van der Waals surface area contributed by atoms with Gasteiger partial charge in [-0.3, -0.25) is 14.2 Å². The monoisotopic (exact) mass is 425 g/mol. The Morgan fingerprint density at radius 2 is 1.77 bits per heavy atom. The number of aryl methyl sites for hydroxylation is 1. The maximum Gasteiger partial charge on any atom is 0.333 e. The van der Waals surface area contributed by atoms with Gasteiger partial charge in [0.1, 0.15) is 6.54 Å². The first-order chi connectivity index (χ1) is 14.9. The molecule has 1 aliphatic heterocycles. The number of hydrogen-bond donors (Lipinski definition) is 0. The summed E-state index contributed by atoms with van der Waals surface area (Å²) in [5.74, 6) is -0.269. The number of morpholine rings is 1. The molecule has 1 aromatic carbocycles. The molecule has 2 atom stereocenters. The van der Waals surface area contributed by atoms with Gasteiger partial charge >= 0.3 is 5.69 Å². The van der Waals surface area contributed by atoms with Gasteiger partial charge in [-0.1, -0.05) is 30.3 Å². The number of fused-ring (bicyclic) bond motifs is 1. The first-order valence-electron chi connectivity index (χ1n) is 10.5. The molecule has 0 bridgehead atoms. The quantitative estimate of drug-likeness (QED) is 0.610. The summed E-state index contributed by atoms with van der Waals surface area (Å²) >= 11 is 0. The van der Waals surface area contributed by atoms with Crippen LogP contribution in [0.1, 0.15) is 26.3 Å². The highest BCUT2D eigenvalue weighted by Crippen LogP contribution is 2.12. The number of aromatic nitrogens is 4. The zero-order valence-corrected chi connectivity index (χ0v) is 18.0. The largest absolute Gasteiger partial charge is 0.372 e. The van der Waals surface area contributed by atoms with Gasteiger partial charge in [-0.2, -0.15) is 0 Å². The number of amides is 1. The molecule has 1 fully saturated rings. The van der Waals surface area contributed by atoms with E-state index in [0.29, 0.717) is 30.8 Å². The molecule has 0 N–H and O–H groups in total. The highest BCUT2D eigenvalue weighted by Gasteiger charge is 2.27. The van der Waals surface area contributed by atoms with Gasteiger partial charge in [0.2, 0.25) is 5.91 Å². The lowest BCUT2D eigenvalue weighted by molar-refractivity contribution is -0.143. The summed E-state index contributed by atoms with van der Waals surface area (Å²) in [4.78, 5) is 45.6. The van der Waals surface area contributed by atoms with Gasteiger partial charge < -0.3 is 14.2 Å². The molecule has 0 spiro atoms. The molecular formula is C22H27N5O4. The molecule has 4 rings (SSSR count). The van der Waals surface area contributed by atoms with Crippen molar-refractivity contribution < 1.29 is 9.53 Å². The van der Waals surface area contributed by atoms with E-state index >= 15 is 0 Å². The lowest BCUT2D eigenvalue weighted by Crippen LogP contribution is -2.51. The fraction of sp³-hybridized carbons (Fsp3) is 0.455. The van der Waals surface area contributed by atoms with Crippen LogP contribution >= 0.6 is 0 Å². The summed E-state index contributed by atoms with van der Waals surface area (Å²) in [7, 11) is 0. The fourth-order valence-electron chi connectivity index (χ4n) is 4.14. The minimum Gasteiger partial charge on any atom is -0.372 e. The number of hydrogen-bond acceptors (Lipinski definition) is 5. The van der Waals surface area contributed by atoms with E-state index < -0.39 is 11.2 Å². The van der Waals surface area contributed by atoms with Gasteiger partial charge in [-0.15, -0.1) is 0 Å². The van der Waals surface area contributed by atoms with E-state index in [0.717, 1.165) is 10.1 Å². The van der Waals surface area contributed by atoms with Gasteiger partial charge in [0.25, 0.3) is 5.56 Å². The molecule has 3 heterocycles. The number of imidazole rings is 1. The Kier molecular flexibility index (Phi) is 5.77. The molecule has 1 saturated heterocycles. The third-order valence-corrected chi connectivity index (χ3v) is 5.57. The Morgan fingerprint density at radius 3 is 2.42 bits per heavy atom. The van der Waals surface area contributed by atoms with Crippen LogP contribution in [0.3, 0.4) is 0 Å². The molecule has 0 aliphatic carbocycles. The molecule has 1 aliphatic rings. The van der Waals surface area contributed by atoms with Crippen molar-refractivity contribution in [3.63, 3.8) is 0 Å². The van der Waals surface area contributed by atoms with Crippen molar-refractivity contribution in [2.75, 3.05) is 13.1 Å². The van der Waals surface area contributed by atoms with Crippen molar-refractivity contribution in [3.8, 4) is 0 Å². The fourth-order valence-corrected chi connectivity index (χ4v) is 4.14. The maximum atomic E-state index is 13.3. The third-order valence-electron chi connectivity index (χ3n) is 5.57. The average Bonchev–Trinajstić information content (AvgIpc) is 3.18. The molecule has 2 unspecified atom stereocenters. The minimum absolute atomic E-state index is 0.0943. The van der Waals surface area contributed by atoms with Gasteiger partial charge in [0.05, 0.1) is 25.1 Å². The van der Waals surface area contributed by atoms with Crippen LogP contribution in [0.5, 0.6) is 0 Å². The molecule has 9 nitrogen and oxygen atoms in total. The van der Waals surface area contributed by atoms with Crippen molar-refractivity contribution in [2.45, 2.75) is 52.6 Å². The Labute approximate surface area is 179 Å². The van der Waals surface area contributed by atoms with Crippen LogP contribution in [0.25, 0.3) is 11.2 Å². The van der Waals surface area contributed by atoms with Crippen LogP contribution in [0.4, 0.5) is 0 Å². The number of carbonyl (C=O) groups excluding carboxylic acids is 1. The third kappa shape index (κ3) is 4.05. The molecule has 31 heavy (non-hydrogen) atoms. The van der Waals surface area contributed by atoms with Crippen molar-refractivity contribution in [2.24, 2.45) is 0 Å². The second kappa shape index (κ2) is 8.50. The number of rotatable bonds is 5. The predicted molar refractivity (Wildman–Crippen MR) is 116 cm³/mol. The molecule has 0 saturated carbocycles. The van der Waals surface area contributed by atoms with E-state index in [4.69, 9.17) is 4.74 Å². The van der Waals surface area contributed by atoms with Crippen LogP contribution in [-0.4, -0.2) is 54.8 Å². The summed E-state index contributed by atoms with van der Waals surface area (Å²) in [6.07, 6.45) is 1.37. The molecular weight excluding hydrogens is 398 g/mol.